The van der Waals surface area contributed by atoms with Gasteiger partial charge in [0.05, 0.1) is 9.82 Å². The summed E-state index contributed by atoms with van der Waals surface area (Å²) in [6, 6.07) is 14.1. The number of benzene rings is 2. The van der Waals surface area contributed by atoms with Crippen LogP contribution in [-0.4, -0.2) is 57.5 Å². The Morgan fingerprint density at radius 1 is 1.07 bits per heavy atom. The van der Waals surface area contributed by atoms with Gasteiger partial charge in [0, 0.05) is 57.1 Å². The number of para-hydroxylation sites is 1. The van der Waals surface area contributed by atoms with Crippen molar-refractivity contribution in [2.75, 3.05) is 44.2 Å². The molecule has 0 atom stereocenters. The fourth-order valence-corrected chi connectivity index (χ4v) is 4.56. The van der Waals surface area contributed by atoms with Crippen molar-refractivity contribution in [3.8, 4) is 0 Å². The van der Waals surface area contributed by atoms with Crippen molar-refractivity contribution in [2.45, 2.75) is 11.8 Å². The second-order valence-corrected chi connectivity index (χ2v) is 8.50. The van der Waals surface area contributed by atoms with Gasteiger partial charge in [0.2, 0.25) is 10.0 Å². The Kier molecular flexibility index (Phi) is 6.28. The molecule has 1 aliphatic heterocycles. The maximum Gasteiger partial charge on any atom is 0.270 e. The fourth-order valence-electron chi connectivity index (χ4n) is 3.28. The van der Waals surface area contributed by atoms with E-state index in [4.69, 9.17) is 0 Å². The molecule has 8 nitrogen and oxygen atoms in total. The summed E-state index contributed by atoms with van der Waals surface area (Å²) in [5.41, 5.74) is 1.45. The van der Waals surface area contributed by atoms with E-state index in [1.165, 1.54) is 17.8 Å². The molecule has 0 aromatic heterocycles. The third-order valence-corrected chi connectivity index (χ3v) is 6.49. The van der Waals surface area contributed by atoms with Gasteiger partial charge in [0.25, 0.3) is 5.69 Å². The van der Waals surface area contributed by atoms with Crippen LogP contribution in [0, 0.1) is 17.0 Å². The third kappa shape index (κ3) is 4.86. The van der Waals surface area contributed by atoms with Crippen LogP contribution < -0.4 is 9.62 Å². The number of hydrogen-bond acceptors (Lipinski definition) is 6. The summed E-state index contributed by atoms with van der Waals surface area (Å²) in [7, 11) is -3.79. The smallest absolute Gasteiger partial charge is 0.270 e. The van der Waals surface area contributed by atoms with Gasteiger partial charge in [0.1, 0.15) is 0 Å². The molecule has 0 bridgehead atoms. The summed E-state index contributed by atoms with van der Waals surface area (Å²) in [4.78, 5) is 14.8. The molecular formula is C19H24N4O4S. The summed E-state index contributed by atoms with van der Waals surface area (Å²) in [5.74, 6) is 0. The molecule has 0 amide bonds. The molecule has 1 N–H and O–H groups in total. The molecule has 0 unspecified atom stereocenters. The molecule has 9 heteroatoms. The number of hydrogen-bond donors (Lipinski definition) is 1. The normalized spacial score (nSPS) is 15.5. The first kappa shape index (κ1) is 20.2. The number of nitro groups is 1. The Hall–Kier alpha value is -2.49. The van der Waals surface area contributed by atoms with Crippen molar-refractivity contribution >= 4 is 21.4 Å². The highest BCUT2D eigenvalue weighted by Gasteiger charge is 2.21. The summed E-state index contributed by atoms with van der Waals surface area (Å²) in [6.45, 7) is 5.97. The zero-order valence-corrected chi connectivity index (χ0v) is 16.6. The second kappa shape index (κ2) is 8.68. The lowest BCUT2D eigenvalue weighted by Crippen LogP contribution is -2.48. The number of nitrogens with zero attached hydrogens (tertiary/aromatic N) is 3. The molecule has 2 aromatic rings. The highest BCUT2D eigenvalue weighted by molar-refractivity contribution is 7.89. The zero-order valence-electron chi connectivity index (χ0n) is 15.7. The van der Waals surface area contributed by atoms with Crippen molar-refractivity contribution in [3.63, 3.8) is 0 Å². The number of sulfonamides is 1. The first-order valence-corrected chi connectivity index (χ1v) is 10.6. The average molecular weight is 404 g/mol. The number of aryl methyl sites for hydroxylation is 1. The van der Waals surface area contributed by atoms with E-state index in [0.717, 1.165) is 32.2 Å². The van der Waals surface area contributed by atoms with Gasteiger partial charge in [-0.1, -0.05) is 24.3 Å². The Labute approximate surface area is 165 Å². The van der Waals surface area contributed by atoms with Crippen molar-refractivity contribution < 1.29 is 13.3 Å². The highest BCUT2D eigenvalue weighted by atomic mass is 32.2. The summed E-state index contributed by atoms with van der Waals surface area (Å²) in [5, 5.41) is 10.9. The minimum atomic E-state index is -3.79. The molecule has 2 aromatic carbocycles. The molecule has 1 saturated heterocycles. The van der Waals surface area contributed by atoms with E-state index >= 15 is 0 Å². The molecule has 3 rings (SSSR count). The van der Waals surface area contributed by atoms with E-state index < -0.39 is 14.9 Å². The van der Waals surface area contributed by atoms with E-state index in [9.17, 15) is 18.5 Å². The standard InChI is InChI=1S/C19H24N4O4S/c1-16-7-8-18(23(24)25)15-19(16)28(26,27)20-9-10-21-11-13-22(14-12-21)17-5-3-2-4-6-17/h2-8,15,20H,9-14H2,1H3. The van der Waals surface area contributed by atoms with Gasteiger partial charge >= 0.3 is 0 Å². The highest BCUT2D eigenvalue weighted by Crippen LogP contribution is 2.21. The van der Waals surface area contributed by atoms with E-state index in [2.05, 4.69) is 26.7 Å². The lowest BCUT2D eigenvalue weighted by Gasteiger charge is -2.36. The van der Waals surface area contributed by atoms with Crippen LogP contribution in [0.2, 0.25) is 0 Å². The first-order chi connectivity index (χ1) is 13.4. The average Bonchev–Trinajstić information content (AvgIpc) is 2.69. The summed E-state index contributed by atoms with van der Waals surface area (Å²) in [6.07, 6.45) is 0. The van der Waals surface area contributed by atoms with Gasteiger partial charge in [-0.2, -0.15) is 0 Å². The van der Waals surface area contributed by atoms with Crippen LogP contribution in [0.4, 0.5) is 11.4 Å². The van der Waals surface area contributed by atoms with Crippen molar-refractivity contribution in [1.82, 2.24) is 9.62 Å². The zero-order chi connectivity index (χ0) is 20.1. The number of piperazine rings is 1. The van der Waals surface area contributed by atoms with Crippen molar-refractivity contribution in [3.05, 3.63) is 64.2 Å². The molecule has 0 spiro atoms. The summed E-state index contributed by atoms with van der Waals surface area (Å²) < 4.78 is 27.7. The molecular weight excluding hydrogens is 380 g/mol. The SMILES string of the molecule is Cc1ccc([N+](=O)[O-])cc1S(=O)(=O)NCCN1CCN(c2ccccc2)CC1. The lowest BCUT2D eigenvalue weighted by atomic mass is 10.2. The van der Waals surface area contributed by atoms with Gasteiger partial charge in [-0.25, -0.2) is 13.1 Å². The van der Waals surface area contributed by atoms with Gasteiger partial charge in [0.15, 0.2) is 0 Å². The minimum absolute atomic E-state index is 0.0457. The Morgan fingerprint density at radius 2 is 1.75 bits per heavy atom. The fraction of sp³-hybridized carbons (Fsp3) is 0.368. The molecule has 1 fully saturated rings. The van der Waals surface area contributed by atoms with E-state index in [0.29, 0.717) is 12.1 Å². The Morgan fingerprint density at radius 3 is 2.39 bits per heavy atom. The van der Waals surface area contributed by atoms with E-state index in [1.54, 1.807) is 6.92 Å². The molecule has 0 radical (unpaired) electrons. The molecule has 1 aliphatic rings. The van der Waals surface area contributed by atoms with Crippen molar-refractivity contribution in [2.24, 2.45) is 0 Å². The van der Waals surface area contributed by atoms with Crippen LogP contribution in [0.1, 0.15) is 5.56 Å². The molecule has 0 saturated carbocycles. The third-order valence-electron chi connectivity index (χ3n) is 4.89. The topological polar surface area (TPSA) is 95.8 Å². The molecule has 150 valence electrons. The number of non-ortho nitro benzene ring substituents is 1. The number of anilines is 1. The molecule has 1 heterocycles. The predicted molar refractivity (Wildman–Crippen MR) is 108 cm³/mol. The number of rotatable bonds is 7. The molecule has 0 aliphatic carbocycles. The Balaban J connectivity index is 1.53. The maximum atomic E-state index is 12.5. The second-order valence-electron chi connectivity index (χ2n) is 6.77. The van der Waals surface area contributed by atoms with Crippen LogP contribution >= 0.6 is 0 Å². The molecule has 28 heavy (non-hydrogen) atoms. The van der Waals surface area contributed by atoms with Gasteiger partial charge in [-0.05, 0) is 24.6 Å². The van der Waals surface area contributed by atoms with Gasteiger partial charge in [-0.15, -0.1) is 0 Å². The number of nitro benzene ring substituents is 1. The first-order valence-electron chi connectivity index (χ1n) is 9.14. The van der Waals surface area contributed by atoms with E-state index in [-0.39, 0.29) is 17.1 Å². The van der Waals surface area contributed by atoms with E-state index in [1.807, 2.05) is 18.2 Å². The minimum Gasteiger partial charge on any atom is -0.369 e. The maximum absolute atomic E-state index is 12.5. The monoisotopic (exact) mass is 404 g/mol. The van der Waals surface area contributed by atoms with Crippen LogP contribution in [0.25, 0.3) is 0 Å². The number of nitrogens with one attached hydrogen (secondary N) is 1. The lowest BCUT2D eigenvalue weighted by molar-refractivity contribution is -0.385. The largest absolute Gasteiger partial charge is 0.369 e. The van der Waals surface area contributed by atoms with Crippen LogP contribution in [-0.2, 0) is 10.0 Å². The van der Waals surface area contributed by atoms with Gasteiger partial charge in [-0.3, -0.25) is 15.0 Å². The van der Waals surface area contributed by atoms with Crippen LogP contribution in [0.15, 0.2) is 53.4 Å². The van der Waals surface area contributed by atoms with Crippen LogP contribution in [0.3, 0.4) is 0 Å². The van der Waals surface area contributed by atoms with Gasteiger partial charge < -0.3 is 4.90 Å². The quantitative estimate of drug-likeness (QED) is 0.560. The summed E-state index contributed by atoms with van der Waals surface area (Å²) >= 11 is 0. The van der Waals surface area contributed by atoms with Crippen LogP contribution in [0.5, 0.6) is 0 Å². The predicted octanol–water partition coefficient (Wildman–Crippen LogP) is 2.00. The Bertz CT molecular complexity index is 926. The van der Waals surface area contributed by atoms with Crippen molar-refractivity contribution in [1.29, 1.82) is 0 Å².